The van der Waals surface area contributed by atoms with Crippen LogP contribution in [0, 0.1) is 6.92 Å². The van der Waals surface area contributed by atoms with Crippen molar-refractivity contribution in [1.82, 2.24) is 24.1 Å². The monoisotopic (exact) mass is 343 g/mol. The molecule has 4 rings (SSSR count). The first kappa shape index (κ1) is 15.4. The lowest BCUT2D eigenvalue weighted by atomic mass is 10.2. The first-order chi connectivity index (χ1) is 11.9. The van der Waals surface area contributed by atoms with Crippen LogP contribution in [0.2, 0.25) is 0 Å². The molecular formula is C17H12F3N5. The van der Waals surface area contributed by atoms with Gasteiger partial charge in [-0.2, -0.15) is 18.3 Å². The lowest BCUT2D eigenvalue weighted by Gasteiger charge is -2.11. The predicted octanol–water partition coefficient (Wildman–Crippen LogP) is 3.91. The summed E-state index contributed by atoms with van der Waals surface area (Å²) < 4.78 is 42.3. The zero-order valence-electron chi connectivity index (χ0n) is 13.1. The fraction of sp³-hybridized carbons (Fsp3) is 0.118. The molecule has 0 unspecified atom stereocenters. The molecule has 0 saturated carbocycles. The second-order valence-corrected chi connectivity index (χ2v) is 5.51. The Kier molecular flexibility index (Phi) is 3.34. The number of aromatic nitrogens is 5. The van der Waals surface area contributed by atoms with Crippen LogP contribution < -0.4 is 0 Å². The molecule has 0 spiro atoms. The molecule has 0 amide bonds. The fourth-order valence-electron chi connectivity index (χ4n) is 2.70. The quantitative estimate of drug-likeness (QED) is 0.554. The Morgan fingerprint density at radius 1 is 1.04 bits per heavy atom. The summed E-state index contributed by atoms with van der Waals surface area (Å²) >= 11 is 0. The van der Waals surface area contributed by atoms with Crippen LogP contribution in [0.3, 0.4) is 0 Å². The van der Waals surface area contributed by atoms with Gasteiger partial charge in [-0.3, -0.25) is 4.40 Å². The van der Waals surface area contributed by atoms with Gasteiger partial charge in [0.05, 0.1) is 16.9 Å². The van der Waals surface area contributed by atoms with Gasteiger partial charge in [-0.05, 0) is 37.3 Å². The molecule has 1 aromatic carbocycles. The minimum absolute atomic E-state index is 0.294. The smallest absolute Gasteiger partial charge is 0.297 e. The zero-order chi connectivity index (χ0) is 17.6. The van der Waals surface area contributed by atoms with E-state index in [0.29, 0.717) is 28.7 Å². The molecule has 25 heavy (non-hydrogen) atoms. The number of halogens is 3. The lowest BCUT2D eigenvalue weighted by Crippen LogP contribution is -2.08. The minimum Gasteiger partial charge on any atom is -0.297 e. The van der Waals surface area contributed by atoms with E-state index in [2.05, 4.69) is 15.1 Å². The van der Waals surface area contributed by atoms with Crippen LogP contribution in [-0.2, 0) is 6.18 Å². The van der Waals surface area contributed by atoms with Gasteiger partial charge in [0.1, 0.15) is 11.5 Å². The minimum atomic E-state index is -4.42. The number of fused-ring (bicyclic) bond motifs is 1. The van der Waals surface area contributed by atoms with E-state index in [1.807, 2.05) is 22.6 Å². The van der Waals surface area contributed by atoms with Crippen molar-refractivity contribution in [1.29, 1.82) is 0 Å². The maximum Gasteiger partial charge on any atom is 0.416 e. The average molecular weight is 343 g/mol. The summed E-state index contributed by atoms with van der Waals surface area (Å²) in [7, 11) is 0. The van der Waals surface area contributed by atoms with Gasteiger partial charge in [0.15, 0.2) is 5.82 Å². The van der Waals surface area contributed by atoms with Crippen LogP contribution in [0.5, 0.6) is 0 Å². The molecule has 0 saturated heterocycles. The number of alkyl halides is 3. The first-order valence-electron chi connectivity index (χ1n) is 7.47. The van der Waals surface area contributed by atoms with Gasteiger partial charge in [-0.15, -0.1) is 0 Å². The van der Waals surface area contributed by atoms with Gasteiger partial charge in [-0.1, -0.05) is 12.1 Å². The molecule has 0 aliphatic rings. The molecule has 0 radical (unpaired) electrons. The van der Waals surface area contributed by atoms with E-state index in [4.69, 9.17) is 0 Å². The Morgan fingerprint density at radius 2 is 1.84 bits per heavy atom. The molecule has 0 atom stereocenters. The van der Waals surface area contributed by atoms with Gasteiger partial charge >= 0.3 is 6.18 Å². The van der Waals surface area contributed by atoms with Gasteiger partial charge in [0, 0.05) is 12.4 Å². The van der Waals surface area contributed by atoms with Crippen molar-refractivity contribution in [3.05, 3.63) is 66.2 Å². The topological polar surface area (TPSA) is 48.0 Å². The number of imidazole rings is 1. The molecule has 126 valence electrons. The number of benzene rings is 1. The van der Waals surface area contributed by atoms with Gasteiger partial charge < -0.3 is 0 Å². The summed E-state index contributed by atoms with van der Waals surface area (Å²) in [6, 6.07) is 10.5. The molecule has 0 fully saturated rings. The molecule has 4 aromatic rings. The molecule has 8 heteroatoms. The Hall–Kier alpha value is -3.16. The first-order valence-corrected chi connectivity index (χ1v) is 7.47. The highest BCUT2D eigenvalue weighted by molar-refractivity contribution is 5.59. The second-order valence-electron chi connectivity index (χ2n) is 5.51. The van der Waals surface area contributed by atoms with Gasteiger partial charge in [0.25, 0.3) is 0 Å². The second kappa shape index (κ2) is 5.44. The Labute approximate surface area is 140 Å². The number of aryl methyl sites for hydroxylation is 1. The molecule has 3 heterocycles. The third kappa shape index (κ3) is 2.65. The average Bonchev–Trinajstić information content (AvgIpc) is 3.20. The van der Waals surface area contributed by atoms with Crippen LogP contribution in [-0.4, -0.2) is 24.1 Å². The third-order valence-electron chi connectivity index (χ3n) is 3.79. The van der Waals surface area contributed by atoms with Crippen molar-refractivity contribution in [3.63, 3.8) is 0 Å². The molecule has 0 bridgehead atoms. The highest BCUT2D eigenvalue weighted by atomic mass is 19.4. The summed E-state index contributed by atoms with van der Waals surface area (Å²) in [4.78, 5) is 8.62. The van der Waals surface area contributed by atoms with Crippen molar-refractivity contribution in [2.24, 2.45) is 0 Å². The van der Waals surface area contributed by atoms with Crippen molar-refractivity contribution in [2.45, 2.75) is 13.1 Å². The van der Waals surface area contributed by atoms with Gasteiger partial charge in [-0.25, -0.2) is 14.6 Å². The number of hydrogen-bond acceptors (Lipinski definition) is 3. The maximum atomic E-state index is 13.0. The SMILES string of the molecule is Cc1nc(-c2cccc3nccn23)n(-c2cccc(C(F)(F)F)c2)n1. The van der Waals surface area contributed by atoms with Crippen molar-refractivity contribution < 1.29 is 13.2 Å². The van der Waals surface area contributed by atoms with Crippen molar-refractivity contribution in [2.75, 3.05) is 0 Å². The van der Waals surface area contributed by atoms with Crippen molar-refractivity contribution in [3.8, 4) is 17.2 Å². The van der Waals surface area contributed by atoms with E-state index < -0.39 is 11.7 Å². The van der Waals surface area contributed by atoms with E-state index in [1.165, 1.54) is 10.7 Å². The number of rotatable bonds is 2. The summed E-state index contributed by atoms with van der Waals surface area (Å²) in [5.74, 6) is 0.907. The Balaban J connectivity index is 1.93. The standard InChI is InChI=1S/C17H12F3N5/c1-11-22-16(14-6-3-7-15-21-8-9-24(14)15)25(23-11)13-5-2-4-12(10-13)17(18,19)20/h2-10H,1H3. The predicted molar refractivity (Wildman–Crippen MR) is 85.3 cm³/mol. The van der Waals surface area contributed by atoms with E-state index >= 15 is 0 Å². The molecule has 0 N–H and O–H groups in total. The van der Waals surface area contributed by atoms with E-state index in [0.717, 1.165) is 12.1 Å². The van der Waals surface area contributed by atoms with E-state index in [1.54, 1.807) is 25.4 Å². The third-order valence-corrected chi connectivity index (χ3v) is 3.79. The van der Waals surface area contributed by atoms with Crippen LogP contribution >= 0.6 is 0 Å². The molecule has 0 aliphatic carbocycles. The van der Waals surface area contributed by atoms with Gasteiger partial charge in [0.2, 0.25) is 0 Å². The molecule has 3 aromatic heterocycles. The van der Waals surface area contributed by atoms with Crippen LogP contribution in [0.1, 0.15) is 11.4 Å². The maximum absolute atomic E-state index is 13.0. The summed E-state index contributed by atoms with van der Waals surface area (Å²) in [5, 5.41) is 4.28. The fourth-order valence-corrected chi connectivity index (χ4v) is 2.70. The normalized spacial score (nSPS) is 12.0. The van der Waals surface area contributed by atoms with E-state index in [9.17, 15) is 13.2 Å². The number of hydrogen-bond donors (Lipinski definition) is 0. The highest BCUT2D eigenvalue weighted by Crippen LogP contribution is 2.31. The molecule has 5 nitrogen and oxygen atoms in total. The number of nitrogens with zero attached hydrogens (tertiary/aromatic N) is 5. The Bertz CT molecular complexity index is 1060. The summed E-state index contributed by atoms with van der Waals surface area (Å²) in [6.07, 6.45) is -1.00. The zero-order valence-corrected chi connectivity index (χ0v) is 13.1. The largest absolute Gasteiger partial charge is 0.416 e. The molecular weight excluding hydrogens is 331 g/mol. The summed E-state index contributed by atoms with van der Waals surface area (Å²) in [5.41, 5.74) is 0.967. The van der Waals surface area contributed by atoms with Crippen LogP contribution in [0.4, 0.5) is 13.2 Å². The molecule has 0 aliphatic heterocycles. The Morgan fingerprint density at radius 3 is 2.64 bits per heavy atom. The highest BCUT2D eigenvalue weighted by Gasteiger charge is 2.31. The lowest BCUT2D eigenvalue weighted by molar-refractivity contribution is -0.137. The van der Waals surface area contributed by atoms with E-state index in [-0.39, 0.29) is 0 Å². The van der Waals surface area contributed by atoms with Crippen LogP contribution in [0.25, 0.3) is 22.9 Å². The number of pyridine rings is 1. The van der Waals surface area contributed by atoms with Crippen molar-refractivity contribution >= 4 is 5.65 Å². The summed E-state index contributed by atoms with van der Waals surface area (Å²) in [6.45, 7) is 1.70. The van der Waals surface area contributed by atoms with Crippen LogP contribution in [0.15, 0.2) is 54.9 Å².